The molecule has 2 heterocycles. The van der Waals surface area contributed by atoms with E-state index in [1.807, 2.05) is 0 Å². The van der Waals surface area contributed by atoms with Crippen molar-refractivity contribution in [3.63, 3.8) is 0 Å². The van der Waals surface area contributed by atoms with Crippen molar-refractivity contribution in [1.29, 1.82) is 0 Å². The average Bonchev–Trinajstić information content (AvgIpc) is 3.29. The lowest BCUT2D eigenvalue weighted by atomic mass is 10.00. The summed E-state index contributed by atoms with van der Waals surface area (Å²) in [5.41, 5.74) is -0.439. The van der Waals surface area contributed by atoms with Gasteiger partial charge in [0.1, 0.15) is 0 Å². The Morgan fingerprint density at radius 2 is 1.85 bits per heavy atom. The number of nitrogens with zero attached hydrogens (tertiary/aromatic N) is 4. The van der Waals surface area contributed by atoms with E-state index in [-0.39, 0.29) is 35.5 Å². The van der Waals surface area contributed by atoms with Crippen molar-refractivity contribution in [1.82, 2.24) is 14.5 Å². The fourth-order valence-electron chi connectivity index (χ4n) is 3.80. The summed E-state index contributed by atoms with van der Waals surface area (Å²) in [5.74, 6) is -0.234. The molecule has 2 aromatic carbocycles. The number of hydrogen-bond acceptors (Lipinski definition) is 7. The van der Waals surface area contributed by atoms with Crippen molar-refractivity contribution >= 4 is 15.7 Å². The zero-order valence-electron chi connectivity index (χ0n) is 17.8. The van der Waals surface area contributed by atoms with Gasteiger partial charge in [0.2, 0.25) is 21.8 Å². The molecule has 4 rings (SSSR count). The van der Waals surface area contributed by atoms with Gasteiger partial charge in [-0.25, -0.2) is 8.42 Å². The molecule has 1 fully saturated rings. The van der Waals surface area contributed by atoms with Crippen LogP contribution in [0, 0.1) is 17.0 Å². The highest BCUT2D eigenvalue weighted by Crippen LogP contribution is 2.34. The molecule has 0 N–H and O–H groups in total. The SMILES string of the molecule is Cc1ccc([N+](=O)[O-])cc1S(=O)(=O)N1CCCC(c2nnc(-c3ccc(C(F)(F)F)cc3)o2)C1. The zero-order chi connectivity index (χ0) is 24.7. The first-order chi connectivity index (χ1) is 16.0. The molecule has 0 radical (unpaired) electrons. The summed E-state index contributed by atoms with van der Waals surface area (Å²) >= 11 is 0. The molecule has 34 heavy (non-hydrogen) atoms. The van der Waals surface area contributed by atoms with Crippen molar-refractivity contribution in [2.45, 2.75) is 36.8 Å². The van der Waals surface area contributed by atoms with Gasteiger partial charge in [0.15, 0.2) is 0 Å². The van der Waals surface area contributed by atoms with Crippen molar-refractivity contribution < 1.29 is 30.9 Å². The van der Waals surface area contributed by atoms with Crippen LogP contribution in [0.3, 0.4) is 0 Å². The Bertz CT molecular complexity index is 1320. The van der Waals surface area contributed by atoms with Gasteiger partial charge in [-0.05, 0) is 49.6 Å². The maximum atomic E-state index is 13.2. The molecule has 13 heteroatoms. The van der Waals surface area contributed by atoms with Gasteiger partial charge in [-0.15, -0.1) is 10.2 Å². The number of sulfonamides is 1. The van der Waals surface area contributed by atoms with Crippen LogP contribution in [0.15, 0.2) is 51.8 Å². The third-order valence-electron chi connectivity index (χ3n) is 5.63. The molecular weight excluding hydrogens is 477 g/mol. The quantitative estimate of drug-likeness (QED) is 0.376. The molecule has 1 saturated heterocycles. The van der Waals surface area contributed by atoms with Crippen molar-refractivity contribution in [3.05, 3.63) is 69.6 Å². The smallest absolute Gasteiger partial charge is 0.416 e. The third kappa shape index (κ3) is 4.66. The van der Waals surface area contributed by atoms with E-state index in [0.717, 1.165) is 18.2 Å². The lowest BCUT2D eigenvalue weighted by molar-refractivity contribution is -0.385. The second kappa shape index (κ2) is 8.80. The van der Waals surface area contributed by atoms with Crippen LogP contribution in [0.5, 0.6) is 0 Å². The Balaban J connectivity index is 1.56. The molecule has 0 aliphatic carbocycles. The number of alkyl halides is 3. The van der Waals surface area contributed by atoms with Crippen LogP contribution < -0.4 is 0 Å². The molecule has 0 bridgehead atoms. The Morgan fingerprint density at radius 3 is 2.50 bits per heavy atom. The number of halogens is 3. The number of benzene rings is 2. The van der Waals surface area contributed by atoms with Crippen LogP contribution in [-0.4, -0.2) is 40.9 Å². The van der Waals surface area contributed by atoms with Crippen molar-refractivity contribution in [3.8, 4) is 11.5 Å². The molecule has 1 aliphatic rings. The predicted molar refractivity (Wildman–Crippen MR) is 113 cm³/mol. The van der Waals surface area contributed by atoms with Gasteiger partial charge < -0.3 is 4.42 Å². The van der Waals surface area contributed by atoms with E-state index in [9.17, 15) is 31.7 Å². The second-order valence-electron chi connectivity index (χ2n) is 7.93. The minimum Gasteiger partial charge on any atom is -0.420 e. The molecule has 1 unspecified atom stereocenters. The Hall–Kier alpha value is -3.32. The first-order valence-corrected chi connectivity index (χ1v) is 11.7. The Kier molecular flexibility index (Phi) is 6.16. The van der Waals surface area contributed by atoms with E-state index >= 15 is 0 Å². The summed E-state index contributed by atoms with van der Waals surface area (Å²) in [7, 11) is -4.02. The molecule has 0 saturated carbocycles. The average molecular weight is 496 g/mol. The summed E-state index contributed by atoms with van der Waals surface area (Å²) in [4.78, 5) is 10.3. The summed E-state index contributed by atoms with van der Waals surface area (Å²) in [6, 6.07) is 7.95. The van der Waals surface area contributed by atoms with Gasteiger partial charge >= 0.3 is 6.18 Å². The second-order valence-corrected chi connectivity index (χ2v) is 9.84. The highest BCUT2D eigenvalue weighted by Gasteiger charge is 2.35. The number of aryl methyl sites for hydroxylation is 1. The minimum atomic E-state index is -4.47. The topological polar surface area (TPSA) is 119 Å². The van der Waals surface area contributed by atoms with Crippen LogP contribution in [0.25, 0.3) is 11.5 Å². The van der Waals surface area contributed by atoms with Crippen LogP contribution in [0.4, 0.5) is 18.9 Å². The number of piperidine rings is 1. The van der Waals surface area contributed by atoms with Crippen LogP contribution in [0.2, 0.25) is 0 Å². The molecule has 9 nitrogen and oxygen atoms in total. The first-order valence-electron chi connectivity index (χ1n) is 10.2. The molecule has 3 aromatic rings. The monoisotopic (exact) mass is 496 g/mol. The van der Waals surface area contributed by atoms with E-state index in [4.69, 9.17) is 4.42 Å². The predicted octanol–water partition coefficient (Wildman–Crippen LogP) is 4.54. The number of rotatable bonds is 5. The molecule has 180 valence electrons. The molecule has 0 amide bonds. The van der Waals surface area contributed by atoms with Crippen molar-refractivity contribution in [2.24, 2.45) is 0 Å². The van der Waals surface area contributed by atoms with E-state index in [2.05, 4.69) is 10.2 Å². The normalized spacial score (nSPS) is 17.6. The number of hydrogen-bond donors (Lipinski definition) is 0. The lowest BCUT2D eigenvalue weighted by Crippen LogP contribution is -2.39. The summed E-state index contributed by atoms with van der Waals surface area (Å²) in [6.07, 6.45) is -3.41. The molecule has 0 spiro atoms. The lowest BCUT2D eigenvalue weighted by Gasteiger charge is -2.30. The largest absolute Gasteiger partial charge is 0.420 e. The van der Waals surface area contributed by atoms with E-state index in [0.29, 0.717) is 24.0 Å². The van der Waals surface area contributed by atoms with Crippen LogP contribution >= 0.6 is 0 Å². The van der Waals surface area contributed by atoms with Gasteiger partial charge in [0.25, 0.3) is 5.69 Å². The maximum Gasteiger partial charge on any atom is 0.416 e. The number of nitro groups is 1. The van der Waals surface area contributed by atoms with Gasteiger partial charge in [-0.2, -0.15) is 17.5 Å². The zero-order valence-corrected chi connectivity index (χ0v) is 18.6. The van der Waals surface area contributed by atoms with E-state index < -0.39 is 32.6 Å². The highest BCUT2D eigenvalue weighted by molar-refractivity contribution is 7.89. The number of non-ortho nitro benzene ring substituents is 1. The molecular formula is C21H19F3N4O5S. The number of nitro benzene ring substituents is 1. The number of aromatic nitrogens is 2. The van der Waals surface area contributed by atoms with Gasteiger partial charge in [0.05, 0.1) is 21.3 Å². The standard InChI is InChI=1S/C21H19F3N4O5S/c1-13-4-9-17(28(29)30)11-18(13)34(31,32)27-10-2-3-15(12-27)20-26-25-19(33-20)14-5-7-16(8-6-14)21(22,23)24/h4-9,11,15H,2-3,10,12H2,1H3. The fourth-order valence-corrected chi connectivity index (χ4v) is 5.57. The Labute approximate surface area is 192 Å². The van der Waals surface area contributed by atoms with Crippen molar-refractivity contribution in [2.75, 3.05) is 13.1 Å². The molecule has 1 aliphatic heterocycles. The van der Waals surface area contributed by atoms with Gasteiger partial charge in [-0.3, -0.25) is 10.1 Å². The third-order valence-corrected chi connectivity index (χ3v) is 7.64. The summed E-state index contributed by atoms with van der Waals surface area (Å²) < 4.78 is 71.7. The molecule has 1 aromatic heterocycles. The molecule has 1 atom stereocenters. The summed E-state index contributed by atoms with van der Waals surface area (Å²) in [5, 5.41) is 19.0. The first kappa shape index (κ1) is 23.8. The highest BCUT2D eigenvalue weighted by atomic mass is 32.2. The summed E-state index contributed by atoms with van der Waals surface area (Å²) in [6.45, 7) is 1.81. The van der Waals surface area contributed by atoms with Crippen LogP contribution in [-0.2, 0) is 16.2 Å². The Morgan fingerprint density at radius 1 is 1.15 bits per heavy atom. The van der Waals surface area contributed by atoms with Gasteiger partial charge in [0, 0.05) is 30.8 Å². The van der Waals surface area contributed by atoms with Gasteiger partial charge in [-0.1, -0.05) is 6.07 Å². The van der Waals surface area contributed by atoms with Crippen LogP contribution in [0.1, 0.15) is 35.8 Å². The van der Waals surface area contributed by atoms with E-state index in [1.54, 1.807) is 6.92 Å². The fraction of sp³-hybridized carbons (Fsp3) is 0.333. The maximum absolute atomic E-state index is 13.2. The van der Waals surface area contributed by atoms with E-state index in [1.165, 1.54) is 28.6 Å². The minimum absolute atomic E-state index is 0.0261.